The van der Waals surface area contributed by atoms with Crippen LogP contribution in [0.4, 0.5) is 0 Å². The molecule has 2 aromatic carbocycles. The van der Waals surface area contributed by atoms with Crippen LogP contribution >= 0.6 is 31.9 Å². The third-order valence-electron chi connectivity index (χ3n) is 3.66. The summed E-state index contributed by atoms with van der Waals surface area (Å²) in [5.74, 6) is 1.08. The summed E-state index contributed by atoms with van der Waals surface area (Å²) >= 11 is 7.26. The van der Waals surface area contributed by atoms with Gasteiger partial charge in [0.25, 0.3) is 0 Å². The normalized spacial score (nSPS) is 17.3. The molecule has 4 rings (SSSR count). The summed E-state index contributed by atoms with van der Waals surface area (Å²) in [5.41, 5.74) is 4.84. The lowest BCUT2D eigenvalue weighted by atomic mass is 9.88. The van der Waals surface area contributed by atoms with E-state index in [-0.39, 0.29) is 0 Å². The average Bonchev–Trinajstić information content (AvgIpc) is 2.76. The second kappa shape index (κ2) is 4.22. The topological polar surface area (TPSA) is 13.1 Å². The van der Waals surface area contributed by atoms with Crippen LogP contribution in [0.5, 0.6) is 0 Å². The van der Waals surface area contributed by atoms with Gasteiger partial charge in [0.1, 0.15) is 11.3 Å². The molecule has 0 radical (unpaired) electrons. The molecule has 1 heterocycles. The van der Waals surface area contributed by atoms with Crippen LogP contribution in [0.25, 0.3) is 22.1 Å². The lowest BCUT2D eigenvalue weighted by Gasteiger charge is -2.20. The molecule has 1 nitrogen and oxygen atoms in total. The van der Waals surface area contributed by atoms with E-state index in [0.717, 1.165) is 22.2 Å². The lowest BCUT2D eigenvalue weighted by molar-refractivity contribution is 0.545. The summed E-state index contributed by atoms with van der Waals surface area (Å²) in [6.07, 6.45) is 0.901. The first-order valence-corrected chi connectivity index (χ1v) is 7.89. The van der Waals surface area contributed by atoms with Crippen molar-refractivity contribution in [2.24, 2.45) is 0 Å². The third-order valence-corrected chi connectivity index (χ3v) is 4.97. The van der Waals surface area contributed by atoms with Crippen molar-refractivity contribution in [3.8, 4) is 11.1 Å². The van der Waals surface area contributed by atoms with Crippen molar-refractivity contribution < 1.29 is 4.42 Å². The minimum Gasteiger partial charge on any atom is -0.460 e. The molecule has 0 bridgehead atoms. The predicted octanol–water partition coefficient (Wildman–Crippen LogP) is 5.85. The minimum atomic E-state index is 0.334. The SMILES string of the molecule is Brc1ccc2c3c(oc2c1)CC(Br)c1ccccc1-3. The number of fused-ring (bicyclic) bond motifs is 5. The Balaban J connectivity index is 2.10. The molecule has 3 heteroatoms. The fourth-order valence-corrected chi connectivity index (χ4v) is 3.86. The number of hydrogen-bond donors (Lipinski definition) is 0. The van der Waals surface area contributed by atoms with Gasteiger partial charge < -0.3 is 4.42 Å². The summed E-state index contributed by atoms with van der Waals surface area (Å²) in [5, 5.41) is 1.20. The van der Waals surface area contributed by atoms with Crippen LogP contribution in [0.2, 0.25) is 0 Å². The lowest BCUT2D eigenvalue weighted by Crippen LogP contribution is -2.04. The standard InChI is InChI=1S/C16H10Br2O/c17-9-5-6-12-14(7-9)19-15-8-13(18)10-3-1-2-4-11(10)16(12)15/h1-7,13H,8H2. The number of halogens is 2. The van der Waals surface area contributed by atoms with E-state index in [1.807, 2.05) is 6.07 Å². The maximum absolute atomic E-state index is 6.04. The van der Waals surface area contributed by atoms with Crippen LogP contribution in [0.1, 0.15) is 16.2 Å². The van der Waals surface area contributed by atoms with Gasteiger partial charge in [0.2, 0.25) is 0 Å². The number of alkyl halides is 1. The first-order valence-electron chi connectivity index (χ1n) is 6.18. The quantitative estimate of drug-likeness (QED) is 0.447. The summed E-state index contributed by atoms with van der Waals surface area (Å²) in [4.78, 5) is 0.334. The molecule has 0 amide bonds. The Morgan fingerprint density at radius 1 is 1.11 bits per heavy atom. The Labute approximate surface area is 127 Å². The zero-order valence-electron chi connectivity index (χ0n) is 9.99. The average molecular weight is 378 g/mol. The second-order valence-corrected chi connectivity index (χ2v) is 6.82. The number of benzene rings is 2. The molecule has 1 aromatic heterocycles. The Bertz CT molecular complexity index is 789. The Morgan fingerprint density at radius 2 is 1.95 bits per heavy atom. The molecule has 0 spiro atoms. The van der Waals surface area contributed by atoms with Crippen molar-refractivity contribution in [3.05, 3.63) is 58.3 Å². The first kappa shape index (κ1) is 11.7. The molecule has 0 N–H and O–H groups in total. The Hall–Kier alpha value is -1.06. The molecule has 94 valence electrons. The zero-order valence-corrected chi connectivity index (χ0v) is 13.2. The van der Waals surface area contributed by atoms with Crippen molar-refractivity contribution in [2.45, 2.75) is 11.2 Å². The molecule has 0 aliphatic heterocycles. The smallest absolute Gasteiger partial charge is 0.136 e. The van der Waals surface area contributed by atoms with Crippen LogP contribution in [-0.4, -0.2) is 0 Å². The Morgan fingerprint density at radius 3 is 2.84 bits per heavy atom. The van der Waals surface area contributed by atoms with Gasteiger partial charge in [-0.25, -0.2) is 0 Å². The van der Waals surface area contributed by atoms with Gasteiger partial charge in [0, 0.05) is 26.7 Å². The molecule has 1 aliphatic carbocycles. The van der Waals surface area contributed by atoms with Crippen molar-refractivity contribution in [2.75, 3.05) is 0 Å². The number of rotatable bonds is 0. The van der Waals surface area contributed by atoms with Gasteiger partial charge in [0.05, 0.1) is 0 Å². The van der Waals surface area contributed by atoms with Gasteiger partial charge in [-0.2, -0.15) is 0 Å². The van der Waals surface area contributed by atoms with Gasteiger partial charge in [-0.3, -0.25) is 0 Å². The van der Waals surface area contributed by atoms with Gasteiger partial charge in [-0.05, 0) is 29.3 Å². The van der Waals surface area contributed by atoms with E-state index in [2.05, 4.69) is 68.3 Å². The van der Waals surface area contributed by atoms with E-state index in [0.29, 0.717) is 4.83 Å². The highest BCUT2D eigenvalue weighted by Crippen LogP contribution is 2.47. The van der Waals surface area contributed by atoms with Gasteiger partial charge >= 0.3 is 0 Å². The molecular weight excluding hydrogens is 368 g/mol. The van der Waals surface area contributed by atoms with E-state index < -0.39 is 0 Å². The van der Waals surface area contributed by atoms with Crippen molar-refractivity contribution in [1.29, 1.82) is 0 Å². The van der Waals surface area contributed by atoms with Crippen molar-refractivity contribution in [1.82, 2.24) is 0 Å². The zero-order chi connectivity index (χ0) is 13.0. The molecule has 1 aliphatic rings. The molecule has 0 saturated carbocycles. The highest BCUT2D eigenvalue weighted by atomic mass is 79.9. The Kier molecular flexibility index (Phi) is 2.61. The van der Waals surface area contributed by atoms with E-state index in [4.69, 9.17) is 4.42 Å². The fourth-order valence-electron chi connectivity index (χ4n) is 2.83. The largest absolute Gasteiger partial charge is 0.460 e. The van der Waals surface area contributed by atoms with Gasteiger partial charge in [-0.15, -0.1) is 0 Å². The predicted molar refractivity (Wildman–Crippen MR) is 84.7 cm³/mol. The van der Waals surface area contributed by atoms with Crippen LogP contribution in [0.3, 0.4) is 0 Å². The first-order chi connectivity index (χ1) is 9.24. The van der Waals surface area contributed by atoms with Gasteiger partial charge in [0.15, 0.2) is 0 Å². The molecule has 1 unspecified atom stereocenters. The summed E-state index contributed by atoms with van der Waals surface area (Å²) in [6.45, 7) is 0. The monoisotopic (exact) mass is 376 g/mol. The van der Waals surface area contributed by atoms with E-state index in [9.17, 15) is 0 Å². The third kappa shape index (κ3) is 1.72. The van der Waals surface area contributed by atoms with Crippen molar-refractivity contribution in [3.63, 3.8) is 0 Å². The fraction of sp³-hybridized carbons (Fsp3) is 0.125. The highest BCUT2D eigenvalue weighted by molar-refractivity contribution is 9.10. The summed E-state index contributed by atoms with van der Waals surface area (Å²) in [6, 6.07) is 14.8. The number of furan rings is 1. The highest BCUT2D eigenvalue weighted by Gasteiger charge is 2.27. The molecule has 3 aromatic rings. The number of hydrogen-bond acceptors (Lipinski definition) is 1. The maximum atomic E-state index is 6.04. The van der Waals surface area contributed by atoms with Crippen molar-refractivity contribution >= 4 is 42.8 Å². The van der Waals surface area contributed by atoms with Gasteiger partial charge in [-0.1, -0.05) is 56.1 Å². The second-order valence-electron chi connectivity index (χ2n) is 4.80. The molecular formula is C16H10Br2O. The minimum absolute atomic E-state index is 0.334. The summed E-state index contributed by atoms with van der Waals surface area (Å²) in [7, 11) is 0. The molecule has 19 heavy (non-hydrogen) atoms. The molecule has 1 atom stereocenters. The maximum Gasteiger partial charge on any atom is 0.136 e. The van der Waals surface area contributed by atoms with Crippen LogP contribution in [0.15, 0.2) is 51.4 Å². The molecule has 0 fully saturated rings. The molecule has 0 saturated heterocycles. The van der Waals surface area contributed by atoms with Crippen LogP contribution in [-0.2, 0) is 6.42 Å². The van der Waals surface area contributed by atoms with E-state index in [1.54, 1.807) is 0 Å². The van der Waals surface area contributed by atoms with E-state index in [1.165, 1.54) is 22.1 Å². The van der Waals surface area contributed by atoms with Crippen LogP contribution < -0.4 is 0 Å². The summed E-state index contributed by atoms with van der Waals surface area (Å²) < 4.78 is 7.09. The van der Waals surface area contributed by atoms with Crippen LogP contribution in [0, 0.1) is 0 Å². The van der Waals surface area contributed by atoms with E-state index >= 15 is 0 Å².